The monoisotopic (exact) mass is 292 g/mol. The Labute approximate surface area is 120 Å². The summed E-state index contributed by atoms with van der Waals surface area (Å²) in [7, 11) is 0. The lowest BCUT2D eigenvalue weighted by Crippen LogP contribution is -2.13. The van der Waals surface area contributed by atoms with Crippen LogP contribution in [0.15, 0.2) is 47.6 Å². The minimum absolute atomic E-state index is 0.0555. The van der Waals surface area contributed by atoms with E-state index in [4.69, 9.17) is 27.3 Å². The first-order chi connectivity index (χ1) is 9.60. The molecule has 0 bridgehead atoms. The summed E-state index contributed by atoms with van der Waals surface area (Å²) in [6.07, 6.45) is 0. The van der Waals surface area contributed by atoms with E-state index >= 15 is 0 Å². The lowest BCUT2D eigenvalue weighted by atomic mass is 10.2. The van der Waals surface area contributed by atoms with E-state index in [-0.39, 0.29) is 11.6 Å². The first-order valence-electron chi connectivity index (χ1n) is 5.78. The van der Waals surface area contributed by atoms with Gasteiger partial charge >= 0.3 is 0 Å². The van der Waals surface area contributed by atoms with Gasteiger partial charge in [-0.1, -0.05) is 28.9 Å². The average Bonchev–Trinajstić information content (AvgIpc) is 2.46. The van der Waals surface area contributed by atoms with Gasteiger partial charge in [0.25, 0.3) is 0 Å². The molecule has 0 aliphatic heterocycles. The van der Waals surface area contributed by atoms with Crippen LogP contribution in [0, 0.1) is 0 Å². The number of benzene rings is 2. The van der Waals surface area contributed by atoms with Crippen molar-refractivity contribution >= 4 is 17.4 Å². The van der Waals surface area contributed by atoms with Gasteiger partial charge in [-0.05, 0) is 35.9 Å². The van der Waals surface area contributed by atoms with Gasteiger partial charge in [-0.15, -0.1) is 0 Å². The van der Waals surface area contributed by atoms with Crippen LogP contribution in [0.3, 0.4) is 0 Å². The molecular formula is C14H13ClN2O3. The summed E-state index contributed by atoms with van der Waals surface area (Å²) in [6.45, 7) is 0.347. The third-order valence-corrected chi connectivity index (χ3v) is 2.98. The van der Waals surface area contributed by atoms with Gasteiger partial charge in [0.15, 0.2) is 5.84 Å². The summed E-state index contributed by atoms with van der Waals surface area (Å²) >= 11 is 6.02. The molecule has 20 heavy (non-hydrogen) atoms. The van der Waals surface area contributed by atoms with Gasteiger partial charge in [-0.3, -0.25) is 0 Å². The van der Waals surface area contributed by atoms with E-state index in [2.05, 4.69) is 5.16 Å². The van der Waals surface area contributed by atoms with Crippen molar-refractivity contribution < 1.29 is 15.1 Å². The number of aromatic hydroxyl groups is 1. The van der Waals surface area contributed by atoms with Crippen LogP contribution in [-0.4, -0.2) is 16.1 Å². The van der Waals surface area contributed by atoms with Crippen molar-refractivity contribution in [1.82, 2.24) is 0 Å². The molecule has 0 amide bonds. The Kier molecular flexibility index (Phi) is 4.32. The number of halogens is 1. The third-order valence-electron chi connectivity index (χ3n) is 2.67. The van der Waals surface area contributed by atoms with Gasteiger partial charge in [0.1, 0.15) is 18.1 Å². The number of hydrogen-bond donors (Lipinski definition) is 3. The van der Waals surface area contributed by atoms with Crippen molar-refractivity contribution in [2.75, 3.05) is 0 Å². The van der Waals surface area contributed by atoms with E-state index in [9.17, 15) is 5.11 Å². The maximum atomic E-state index is 9.18. The summed E-state index contributed by atoms with van der Waals surface area (Å²) in [5.74, 6) is 0.720. The minimum atomic E-state index is -0.0555. The standard InChI is InChI=1S/C14H13ClN2O3/c15-13-7-11(5-6-12(13)14(16)17-19)20-8-9-1-3-10(18)4-2-9/h1-7,18-19H,8H2,(H2,16,17). The lowest BCUT2D eigenvalue weighted by Gasteiger charge is -2.08. The smallest absolute Gasteiger partial charge is 0.171 e. The van der Waals surface area contributed by atoms with Crippen molar-refractivity contribution in [3.05, 3.63) is 58.6 Å². The van der Waals surface area contributed by atoms with Crippen molar-refractivity contribution in [3.8, 4) is 11.5 Å². The zero-order valence-electron chi connectivity index (χ0n) is 10.5. The van der Waals surface area contributed by atoms with E-state index < -0.39 is 0 Å². The molecule has 4 N–H and O–H groups in total. The Morgan fingerprint density at radius 2 is 1.90 bits per heavy atom. The fourth-order valence-corrected chi connectivity index (χ4v) is 1.87. The molecule has 0 atom stereocenters. The molecule has 6 heteroatoms. The van der Waals surface area contributed by atoms with Crippen LogP contribution in [0.25, 0.3) is 0 Å². The highest BCUT2D eigenvalue weighted by Gasteiger charge is 2.07. The van der Waals surface area contributed by atoms with Crippen LogP contribution >= 0.6 is 11.6 Å². The predicted octanol–water partition coefficient (Wildman–Crippen LogP) is 2.72. The molecule has 0 radical (unpaired) electrons. The highest BCUT2D eigenvalue weighted by Crippen LogP contribution is 2.23. The van der Waals surface area contributed by atoms with Crippen LogP contribution < -0.4 is 10.5 Å². The highest BCUT2D eigenvalue weighted by atomic mass is 35.5. The van der Waals surface area contributed by atoms with Crippen LogP contribution in [-0.2, 0) is 6.61 Å². The molecule has 0 aliphatic carbocycles. The maximum absolute atomic E-state index is 9.18. The molecule has 0 aliphatic rings. The fraction of sp³-hybridized carbons (Fsp3) is 0.0714. The molecule has 0 unspecified atom stereocenters. The highest BCUT2D eigenvalue weighted by molar-refractivity contribution is 6.34. The number of nitrogens with zero attached hydrogens (tertiary/aromatic N) is 1. The number of hydrogen-bond acceptors (Lipinski definition) is 4. The third kappa shape index (κ3) is 3.33. The first-order valence-corrected chi connectivity index (χ1v) is 6.16. The molecule has 0 heterocycles. The van der Waals surface area contributed by atoms with Crippen LogP contribution in [0.1, 0.15) is 11.1 Å². The van der Waals surface area contributed by atoms with E-state index in [1.54, 1.807) is 42.5 Å². The Morgan fingerprint density at radius 3 is 2.50 bits per heavy atom. The van der Waals surface area contributed by atoms with Gasteiger partial charge in [0.05, 0.1) is 5.02 Å². The summed E-state index contributed by atoms with van der Waals surface area (Å²) < 4.78 is 5.57. The molecule has 2 aromatic rings. The van der Waals surface area contributed by atoms with E-state index in [1.165, 1.54) is 0 Å². The van der Waals surface area contributed by atoms with Gasteiger partial charge < -0.3 is 20.8 Å². The van der Waals surface area contributed by atoms with Crippen molar-refractivity contribution in [3.63, 3.8) is 0 Å². The lowest BCUT2D eigenvalue weighted by molar-refractivity contribution is 0.306. The molecule has 104 valence electrons. The Bertz CT molecular complexity index is 627. The summed E-state index contributed by atoms with van der Waals surface area (Å²) in [6, 6.07) is 11.6. The molecule has 2 aromatic carbocycles. The molecule has 2 rings (SSSR count). The number of phenolic OH excluding ortho intramolecular Hbond substituents is 1. The second kappa shape index (κ2) is 6.16. The number of amidine groups is 1. The topological polar surface area (TPSA) is 88.1 Å². The van der Waals surface area contributed by atoms with E-state index in [1.807, 2.05) is 0 Å². The van der Waals surface area contributed by atoms with E-state index in [0.717, 1.165) is 5.56 Å². The van der Waals surface area contributed by atoms with Crippen LogP contribution in [0.5, 0.6) is 11.5 Å². The molecule has 0 aromatic heterocycles. The predicted molar refractivity (Wildman–Crippen MR) is 76.4 cm³/mol. The Morgan fingerprint density at radius 1 is 1.20 bits per heavy atom. The molecule has 5 nitrogen and oxygen atoms in total. The Hall–Kier alpha value is -2.40. The summed E-state index contributed by atoms with van der Waals surface area (Å²) in [5, 5.41) is 21.0. The largest absolute Gasteiger partial charge is 0.508 e. The second-order valence-corrected chi connectivity index (χ2v) is 4.49. The SMILES string of the molecule is N/C(=N/O)c1ccc(OCc2ccc(O)cc2)cc1Cl. The van der Waals surface area contributed by atoms with Crippen molar-refractivity contribution in [1.29, 1.82) is 0 Å². The van der Waals surface area contributed by atoms with Gasteiger partial charge in [0.2, 0.25) is 0 Å². The number of rotatable bonds is 4. The average molecular weight is 293 g/mol. The maximum Gasteiger partial charge on any atom is 0.171 e. The number of oxime groups is 1. The van der Waals surface area contributed by atoms with E-state index in [0.29, 0.717) is 22.9 Å². The van der Waals surface area contributed by atoms with Gasteiger partial charge in [-0.25, -0.2) is 0 Å². The molecule has 0 fully saturated rings. The molecule has 0 spiro atoms. The fourth-order valence-electron chi connectivity index (χ4n) is 1.61. The summed E-state index contributed by atoms with van der Waals surface area (Å²) in [4.78, 5) is 0. The summed E-state index contributed by atoms with van der Waals surface area (Å²) in [5.41, 5.74) is 6.83. The Balaban J connectivity index is 2.07. The first kappa shape index (κ1) is 14.0. The van der Waals surface area contributed by atoms with Gasteiger partial charge in [-0.2, -0.15) is 0 Å². The second-order valence-electron chi connectivity index (χ2n) is 4.08. The quantitative estimate of drug-likeness (QED) is 0.350. The van der Waals surface area contributed by atoms with Crippen molar-refractivity contribution in [2.24, 2.45) is 10.9 Å². The molecule has 0 saturated carbocycles. The number of phenols is 1. The van der Waals surface area contributed by atoms with Crippen molar-refractivity contribution in [2.45, 2.75) is 6.61 Å². The zero-order valence-corrected chi connectivity index (χ0v) is 11.2. The number of ether oxygens (including phenoxy) is 1. The number of nitrogens with two attached hydrogens (primary N) is 1. The normalized spacial score (nSPS) is 11.3. The molecular weight excluding hydrogens is 280 g/mol. The van der Waals surface area contributed by atoms with Crippen LogP contribution in [0.4, 0.5) is 0 Å². The van der Waals surface area contributed by atoms with Gasteiger partial charge in [0, 0.05) is 5.56 Å². The molecule has 0 saturated heterocycles. The minimum Gasteiger partial charge on any atom is -0.508 e. The van der Waals surface area contributed by atoms with Crippen LogP contribution in [0.2, 0.25) is 5.02 Å². The zero-order chi connectivity index (χ0) is 14.5.